The van der Waals surface area contributed by atoms with Gasteiger partial charge < -0.3 is 14.8 Å². The second-order valence-corrected chi connectivity index (χ2v) is 6.61. The van der Waals surface area contributed by atoms with E-state index in [4.69, 9.17) is 9.47 Å². The van der Waals surface area contributed by atoms with Gasteiger partial charge in [0.1, 0.15) is 5.75 Å². The molecule has 1 fully saturated rings. The zero-order valence-corrected chi connectivity index (χ0v) is 14.8. The normalized spacial score (nSPS) is 15.3. The molecule has 25 heavy (non-hydrogen) atoms. The van der Waals surface area contributed by atoms with E-state index in [0.29, 0.717) is 23.4 Å². The molecule has 0 atom stereocenters. The van der Waals surface area contributed by atoms with Crippen molar-refractivity contribution in [2.45, 2.75) is 38.6 Å². The third-order valence-electron chi connectivity index (χ3n) is 4.37. The highest BCUT2D eigenvalue weighted by atomic mass is 16.5. The molecule has 1 N–H and O–H groups in total. The standard InChI is InChI=1S/C19H25N3O3/c1-14(2)15-3-5-18(6-4-15)25-13-19(23)21-16-11-20-22(12-16)17-7-9-24-10-8-17/h3-6,11-12,14,17H,7-10,13H2,1-2H3,(H,21,23). The molecule has 0 aliphatic carbocycles. The van der Waals surface area contributed by atoms with Crippen LogP contribution in [0.3, 0.4) is 0 Å². The summed E-state index contributed by atoms with van der Waals surface area (Å²) in [6.45, 7) is 5.78. The summed E-state index contributed by atoms with van der Waals surface area (Å²) >= 11 is 0. The lowest BCUT2D eigenvalue weighted by Gasteiger charge is -2.22. The fourth-order valence-electron chi connectivity index (χ4n) is 2.85. The van der Waals surface area contributed by atoms with Crippen molar-refractivity contribution in [1.82, 2.24) is 9.78 Å². The van der Waals surface area contributed by atoms with Crippen molar-refractivity contribution in [2.24, 2.45) is 0 Å². The summed E-state index contributed by atoms with van der Waals surface area (Å²) in [6.07, 6.45) is 5.44. The van der Waals surface area contributed by atoms with E-state index in [-0.39, 0.29) is 12.5 Å². The fraction of sp³-hybridized carbons (Fsp3) is 0.474. The number of benzene rings is 1. The first-order valence-corrected chi connectivity index (χ1v) is 8.76. The van der Waals surface area contributed by atoms with Gasteiger partial charge in [-0.2, -0.15) is 5.10 Å². The molecule has 3 rings (SSSR count). The molecule has 1 saturated heterocycles. The molecule has 1 aliphatic rings. The topological polar surface area (TPSA) is 65.4 Å². The van der Waals surface area contributed by atoms with Crippen molar-refractivity contribution < 1.29 is 14.3 Å². The van der Waals surface area contributed by atoms with E-state index in [1.807, 2.05) is 35.1 Å². The number of hydrogen-bond acceptors (Lipinski definition) is 4. The van der Waals surface area contributed by atoms with Crippen LogP contribution in [0.15, 0.2) is 36.7 Å². The summed E-state index contributed by atoms with van der Waals surface area (Å²) in [5.41, 5.74) is 1.94. The molecular weight excluding hydrogens is 318 g/mol. The molecule has 0 spiro atoms. The maximum Gasteiger partial charge on any atom is 0.262 e. The van der Waals surface area contributed by atoms with E-state index >= 15 is 0 Å². The van der Waals surface area contributed by atoms with E-state index in [9.17, 15) is 4.79 Å². The van der Waals surface area contributed by atoms with Crippen molar-refractivity contribution in [1.29, 1.82) is 0 Å². The minimum Gasteiger partial charge on any atom is -0.484 e. The predicted octanol–water partition coefficient (Wildman–Crippen LogP) is 3.38. The highest BCUT2D eigenvalue weighted by Gasteiger charge is 2.17. The largest absolute Gasteiger partial charge is 0.484 e. The number of rotatable bonds is 6. The zero-order chi connectivity index (χ0) is 17.6. The number of carbonyl (C=O) groups is 1. The van der Waals surface area contributed by atoms with E-state index in [2.05, 4.69) is 24.3 Å². The van der Waals surface area contributed by atoms with Gasteiger partial charge in [-0.3, -0.25) is 9.48 Å². The Balaban J connectivity index is 1.48. The molecule has 1 aromatic carbocycles. The number of aromatic nitrogens is 2. The Labute approximate surface area is 148 Å². The van der Waals surface area contributed by atoms with Gasteiger partial charge in [-0.15, -0.1) is 0 Å². The van der Waals surface area contributed by atoms with Crippen LogP contribution in [-0.4, -0.2) is 35.5 Å². The fourth-order valence-corrected chi connectivity index (χ4v) is 2.85. The first-order valence-electron chi connectivity index (χ1n) is 8.76. The molecule has 0 saturated carbocycles. The SMILES string of the molecule is CC(C)c1ccc(OCC(=O)Nc2cnn(C3CCOCC3)c2)cc1. The van der Waals surface area contributed by atoms with Gasteiger partial charge in [0.05, 0.1) is 17.9 Å². The Morgan fingerprint density at radius 3 is 2.72 bits per heavy atom. The van der Waals surface area contributed by atoms with Crippen LogP contribution in [-0.2, 0) is 9.53 Å². The molecule has 6 nitrogen and oxygen atoms in total. The first-order chi connectivity index (χ1) is 12.1. The second-order valence-electron chi connectivity index (χ2n) is 6.61. The zero-order valence-electron chi connectivity index (χ0n) is 14.8. The van der Waals surface area contributed by atoms with Gasteiger partial charge in [-0.25, -0.2) is 0 Å². The second kappa shape index (κ2) is 8.16. The lowest BCUT2D eigenvalue weighted by atomic mass is 10.0. The highest BCUT2D eigenvalue weighted by Crippen LogP contribution is 2.21. The van der Waals surface area contributed by atoms with E-state index in [1.165, 1.54) is 5.56 Å². The summed E-state index contributed by atoms with van der Waals surface area (Å²) in [7, 11) is 0. The summed E-state index contributed by atoms with van der Waals surface area (Å²) in [6, 6.07) is 8.18. The molecule has 6 heteroatoms. The molecule has 2 aromatic rings. The Morgan fingerprint density at radius 1 is 1.32 bits per heavy atom. The lowest BCUT2D eigenvalue weighted by molar-refractivity contribution is -0.118. The maximum atomic E-state index is 12.1. The molecule has 0 bridgehead atoms. The first kappa shape index (κ1) is 17.5. The molecule has 1 aliphatic heterocycles. The molecular formula is C19H25N3O3. The molecule has 1 aromatic heterocycles. The molecule has 0 unspecified atom stereocenters. The van der Waals surface area contributed by atoms with Gasteiger partial charge in [0.25, 0.3) is 5.91 Å². The number of carbonyl (C=O) groups excluding carboxylic acids is 1. The van der Waals surface area contributed by atoms with Crippen LogP contribution in [0.1, 0.15) is 44.2 Å². The van der Waals surface area contributed by atoms with Crippen LogP contribution in [0.25, 0.3) is 0 Å². The van der Waals surface area contributed by atoms with E-state index in [1.54, 1.807) is 6.20 Å². The number of nitrogens with zero attached hydrogens (tertiary/aromatic N) is 2. The van der Waals surface area contributed by atoms with Gasteiger partial charge in [0, 0.05) is 19.4 Å². The minimum absolute atomic E-state index is 0.0243. The van der Waals surface area contributed by atoms with Gasteiger partial charge in [-0.1, -0.05) is 26.0 Å². The van der Waals surface area contributed by atoms with Crippen molar-refractivity contribution in [3.63, 3.8) is 0 Å². The lowest BCUT2D eigenvalue weighted by Crippen LogP contribution is -2.21. The van der Waals surface area contributed by atoms with Crippen molar-refractivity contribution >= 4 is 11.6 Å². The number of hydrogen-bond donors (Lipinski definition) is 1. The van der Waals surface area contributed by atoms with Gasteiger partial charge in [-0.05, 0) is 36.5 Å². The minimum atomic E-state index is -0.195. The summed E-state index contributed by atoms with van der Waals surface area (Å²) < 4.78 is 12.8. The Bertz CT molecular complexity index is 688. The maximum absolute atomic E-state index is 12.1. The Morgan fingerprint density at radius 2 is 2.04 bits per heavy atom. The quantitative estimate of drug-likeness (QED) is 0.873. The van der Waals surface area contributed by atoms with Crippen molar-refractivity contribution in [2.75, 3.05) is 25.1 Å². The summed E-state index contributed by atoms with van der Waals surface area (Å²) in [5, 5.41) is 7.17. The van der Waals surface area contributed by atoms with Crippen molar-refractivity contribution in [3.05, 3.63) is 42.2 Å². The van der Waals surface area contributed by atoms with Crippen LogP contribution in [0.2, 0.25) is 0 Å². The predicted molar refractivity (Wildman–Crippen MR) is 96.0 cm³/mol. The van der Waals surface area contributed by atoms with E-state index < -0.39 is 0 Å². The van der Waals surface area contributed by atoms with Crippen LogP contribution >= 0.6 is 0 Å². The van der Waals surface area contributed by atoms with Crippen LogP contribution in [0, 0.1) is 0 Å². The monoisotopic (exact) mass is 343 g/mol. The number of amides is 1. The third-order valence-corrected chi connectivity index (χ3v) is 4.37. The number of ether oxygens (including phenoxy) is 2. The molecule has 0 radical (unpaired) electrons. The van der Waals surface area contributed by atoms with Crippen LogP contribution in [0.4, 0.5) is 5.69 Å². The Hall–Kier alpha value is -2.34. The summed E-state index contributed by atoms with van der Waals surface area (Å²) in [4.78, 5) is 12.1. The summed E-state index contributed by atoms with van der Waals surface area (Å²) in [5.74, 6) is 0.974. The molecule has 134 valence electrons. The smallest absolute Gasteiger partial charge is 0.262 e. The average molecular weight is 343 g/mol. The van der Waals surface area contributed by atoms with Gasteiger partial charge >= 0.3 is 0 Å². The van der Waals surface area contributed by atoms with Gasteiger partial charge in [0.15, 0.2) is 6.61 Å². The van der Waals surface area contributed by atoms with Gasteiger partial charge in [0.2, 0.25) is 0 Å². The number of anilines is 1. The highest BCUT2D eigenvalue weighted by molar-refractivity contribution is 5.91. The van der Waals surface area contributed by atoms with E-state index in [0.717, 1.165) is 26.1 Å². The van der Waals surface area contributed by atoms with Crippen LogP contribution < -0.4 is 10.1 Å². The van der Waals surface area contributed by atoms with Crippen molar-refractivity contribution in [3.8, 4) is 5.75 Å². The average Bonchev–Trinajstić information content (AvgIpc) is 3.09. The molecule has 1 amide bonds. The third kappa shape index (κ3) is 4.82. The number of nitrogens with one attached hydrogen (secondary N) is 1. The Kier molecular flexibility index (Phi) is 5.71. The molecule has 2 heterocycles. The van der Waals surface area contributed by atoms with Crippen LogP contribution in [0.5, 0.6) is 5.75 Å².